The normalized spacial score (nSPS) is 24.5. The second kappa shape index (κ2) is 6.93. The molecule has 0 aliphatic heterocycles. The molecule has 1 aromatic rings. The van der Waals surface area contributed by atoms with Crippen molar-refractivity contribution in [3.63, 3.8) is 0 Å². The molecule has 90 valence electrons. The van der Waals surface area contributed by atoms with E-state index >= 15 is 0 Å². The molecule has 1 nitrogen and oxygen atoms in total. The lowest BCUT2D eigenvalue weighted by Gasteiger charge is -2.21. The van der Waals surface area contributed by atoms with Gasteiger partial charge in [-0.25, -0.2) is 0 Å². The van der Waals surface area contributed by atoms with Gasteiger partial charge in [-0.15, -0.1) is 0 Å². The molecule has 0 radical (unpaired) electrons. The molecule has 0 aromatic heterocycles. The van der Waals surface area contributed by atoms with Crippen LogP contribution in [0.25, 0.3) is 0 Å². The molecule has 0 unspecified atom stereocenters. The number of aliphatic hydroxyl groups is 1. The van der Waals surface area contributed by atoms with Crippen LogP contribution in [0.15, 0.2) is 24.3 Å². The third kappa shape index (κ3) is 5.00. The van der Waals surface area contributed by atoms with Gasteiger partial charge in [-0.1, -0.05) is 36.7 Å². The minimum absolute atomic E-state index is 0.0196. The largest absolute Gasteiger partial charge is 0.393 e. The number of hydrogen-bond donors (Lipinski definition) is 1. The van der Waals surface area contributed by atoms with Crippen molar-refractivity contribution in [1.82, 2.24) is 0 Å². The van der Waals surface area contributed by atoms with Crippen LogP contribution in [-0.4, -0.2) is 11.2 Å². The number of benzene rings is 1. The summed E-state index contributed by atoms with van der Waals surface area (Å²) in [6.45, 7) is 4.24. The van der Waals surface area contributed by atoms with Crippen LogP contribution in [0.5, 0.6) is 0 Å². The summed E-state index contributed by atoms with van der Waals surface area (Å²) in [5.41, 5.74) is 1.13. The summed E-state index contributed by atoms with van der Waals surface area (Å²) in [6, 6.07) is 7.77. The summed E-state index contributed by atoms with van der Waals surface area (Å²) < 4.78 is 0. The molecule has 1 aliphatic rings. The summed E-state index contributed by atoms with van der Waals surface area (Å²) in [7, 11) is 0. The van der Waals surface area contributed by atoms with E-state index in [1.165, 1.54) is 12.8 Å². The molecule has 1 N–H and O–H groups in total. The first kappa shape index (κ1) is 13.5. The molecule has 1 aliphatic carbocycles. The second-order valence-electron chi connectivity index (χ2n) is 4.66. The quantitative estimate of drug-likeness (QED) is 0.721. The Labute approximate surface area is 103 Å². The monoisotopic (exact) mass is 240 g/mol. The van der Waals surface area contributed by atoms with Crippen LogP contribution in [-0.2, 0) is 0 Å². The first-order valence-electron chi connectivity index (χ1n) is 5.98. The fraction of sp³-hybridized carbons (Fsp3) is 0.571. The van der Waals surface area contributed by atoms with E-state index in [-0.39, 0.29) is 6.10 Å². The zero-order valence-corrected chi connectivity index (χ0v) is 10.9. The average Bonchev–Trinajstić information content (AvgIpc) is 2.28. The maximum Gasteiger partial charge on any atom is 0.0540 e. The van der Waals surface area contributed by atoms with Gasteiger partial charge in [0, 0.05) is 5.02 Å². The first-order valence-corrected chi connectivity index (χ1v) is 6.36. The number of hydrogen-bond acceptors (Lipinski definition) is 1. The molecule has 1 aromatic carbocycles. The molecule has 0 atom stereocenters. The van der Waals surface area contributed by atoms with E-state index in [0.29, 0.717) is 0 Å². The van der Waals surface area contributed by atoms with Gasteiger partial charge in [0.1, 0.15) is 0 Å². The average molecular weight is 241 g/mol. The highest BCUT2D eigenvalue weighted by atomic mass is 35.5. The third-order valence-corrected chi connectivity index (χ3v) is 3.49. The van der Waals surface area contributed by atoms with E-state index in [4.69, 9.17) is 16.7 Å². The number of aliphatic hydroxyl groups excluding tert-OH is 1. The van der Waals surface area contributed by atoms with Crippen LogP contribution in [0.4, 0.5) is 0 Å². The molecule has 0 spiro atoms. The van der Waals surface area contributed by atoms with Crippen molar-refractivity contribution in [2.75, 3.05) is 0 Å². The Morgan fingerprint density at radius 1 is 1.12 bits per heavy atom. The summed E-state index contributed by atoms with van der Waals surface area (Å²) in [5, 5.41) is 9.87. The van der Waals surface area contributed by atoms with E-state index < -0.39 is 0 Å². The lowest BCUT2D eigenvalue weighted by Crippen LogP contribution is -2.15. The van der Waals surface area contributed by atoms with Crippen molar-refractivity contribution in [2.45, 2.75) is 45.6 Å². The van der Waals surface area contributed by atoms with E-state index in [1.54, 1.807) is 0 Å². The minimum Gasteiger partial charge on any atom is -0.393 e. The molecule has 0 bridgehead atoms. The molecular formula is C14H21ClO. The highest BCUT2D eigenvalue weighted by molar-refractivity contribution is 6.31. The standard InChI is InChI=1S/C7H7Cl.C7H14O/c1-6-4-2-3-5-7(6)8;1-6-2-4-7(8)5-3-6/h2-5H,1H3;6-8H,2-5H2,1H3. The molecule has 16 heavy (non-hydrogen) atoms. The van der Waals surface area contributed by atoms with E-state index in [2.05, 4.69) is 6.92 Å². The summed E-state index contributed by atoms with van der Waals surface area (Å²) in [5.74, 6) is 0.860. The predicted octanol–water partition coefficient (Wildman–Crippen LogP) is 4.21. The molecule has 1 fully saturated rings. The number of halogens is 1. The zero-order valence-electron chi connectivity index (χ0n) is 10.1. The molecule has 2 heteroatoms. The Balaban J connectivity index is 0.000000160. The van der Waals surface area contributed by atoms with Crippen LogP contribution in [0.3, 0.4) is 0 Å². The Morgan fingerprint density at radius 3 is 2.06 bits per heavy atom. The fourth-order valence-electron chi connectivity index (χ4n) is 1.79. The smallest absolute Gasteiger partial charge is 0.0540 e. The Morgan fingerprint density at radius 2 is 1.69 bits per heavy atom. The summed E-state index contributed by atoms with van der Waals surface area (Å²) in [6.07, 6.45) is 4.52. The van der Waals surface area contributed by atoms with Crippen molar-refractivity contribution >= 4 is 11.6 Å². The van der Waals surface area contributed by atoms with Crippen LogP contribution in [0, 0.1) is 12.8 Å². The van der Waals surface area contributed by atoms with Gasteiger partial charge in [0.05, 0.1) is 6.10 Å². The number of aryl methyl sites for hydroxylation is 1. The van der Waals surface area contributed by atoms with Gasteiger partial charge in [0.2, 0.25) is 0 Å². The molecular weight excluding hydrogens is 220 g/mol. The van der Waals surface area contributed by atoms with Gasteiger partial charge >= 0.3 is 0 Å². The Hall–Kier alpha value is -0.530. The van der Waals surface area contributed by atoms with Crippen molar-refractivity contribution in [3.8, 4) is 0 Å². The molecule has 1 saturated carbocycles. The predicted molar refractivity (Wildman–Crippen MR) is 69.8 cm³/mol. The van der Waals surface area contributed by atoms with Gasteiger partial charge < -0.3 is 5.11 Å². The van der Waals surface area contributed by atoms with Gasteiger partial charge in [-0.2, -0.15) is 0 Å². The lowest BCUT2D eigenvalue weighted by atomic mass is 9.89. The summed E-state index contributed by atoms with van der Waals surface area (Å²) in [4.78, 5) is 0. The molecule has 0 amide bonds. The fourth-order valence-corrected chi connectivity index (χ4v) is 1.93. The highest BCUT2D eigenvalue weighted by Crippen LogP contribution is 2.22. The molecule has 2 rings (SSSR count). The molecule has 0 saturated heterocycles. The number of rotatable bonds is 0. The van der Waals surface area contributed by atoms with Gasteiger partial charge in [-0.3, -0.25) is 0 Å². The van der Waals surface area contributed by atoms with Crippen molar-refractivity contribution < 1.29 is 5.11 Å². The van der Waals surface area contributed by atoms with E-state index in [9.17, 15) is 0 Å². The first-order chi connectivity index (χ1) is 7.59. The highest BCUT2D eigenvalue weighted by Gasteiger charge is 2.14. The van der Waals surface area contributed by atoms with Crippen LogP contribution in [0.2, 0.25) is 5.02 Å². The zero-order chi connectivity index (χ0) is 12.0. The topological polar surface area (TPSA) is 20.2 Å². The van der Waals surface area contributed by atoms with Crippen LogP contribution >= 0.6 is 11.6 Å². The second-order valence-corrected chi connectivity index (χ2v) is 5.07. The van der Waals surface area contributed by atoms with Gasteiger partial charge in [-0.05, 0) is 50.2 Å². The Bertz CT molecular complexity index is 272. The van der Waals surface area contributed by atoms with Gasteiger partial charge in [0.25, 0.3) is 0 Å². The van der Waals surface area contributed by atoms with E-state index in [1.807, 2.05) is 31.2 Å². The van der Waals surface area contributed by atoms with Crippen LogP contribution < -0.4 is 0 Å². The SMILES string of the molecule is CC1CCC(O)CC1.Cc1ccccc1Cl. The molecule has 0 heterocycles. The van der Waals surface area contributed by atoms with Crippen molar-refractivity contribution in [1.29, 1.82) is 0 Å². The van der Waals surface area contributed by atoms with Crippen LogP contribution in [0.1, 0.15) is 38.2 Å². The van der Waals surface area contributed by atoms with Gasteiger partial charge in [0.15, 0.2) is 0 Å². The minimum atomic E-state index is 0.0196. The van der Waals surface area contributed by atoms with Crippen molar-refractivity contribution in [2.24, 2.45) is 5.92 Å². The third-order valence-electron chi connectivity index (χ3n) is 3.06. The maximum absolute atomic E-state index is 9.03. The Kier molecular flexibility index (Phi) is 5.86. The van der Waals surface area contributed by atoms with Crippen molar-refractivity contribution in [3.05, 3.63) is 34.9 Å². The van der Waals surface area contributed by atoms with E-state index in [0.717, 1.165) is 29.3 Å². The summed E-state index contributed by atoms with van der Waals surface area (Å²) >= 11 is 5.71. The lowest BCUT2D eigenvalue weighted by molar-refractivity contribution is 0.112. The maximum atomic E-state index is 9.03.